The number of thioether (sulfide) groups is 1. The highest BCUT2D eigenvalue weighted by molar-refractivity contribution is 7.98. The van der Waals surface area contributed by atoms with E-state index in [-0.39, 0.29) is 12.4 Å². The molecule has 0 aliphatic carbocycles. The van der Waals surface area contributed by atoms with Crippen molar-refractivity contribution in [3.8, 4) is 0 Å². The molecular formula is C15H26N6O13S3. The number of aliphatic hydroxyl groups excluding tert-OH is 2. The number of anilines is 1. The molecule has 37 heavy (non-hydrogen) atoms. The van der Waals surface area contributed by atoms with E-state index in [1.165, 1.54) is 17.2 Å². The van der Waals surface area contributed by atoms with Crippen LogP contribution in [-0.4, -0.2) is 119 Å². The molecule has 19 nitrogen and oxygen atoms in total. The summed E-state index contributed by atoms with van der Waals surface area (Å²) >= 11 is 1.55. The van der Waals surface area contributed by atoms with E-state index in [4.69, 9.17) is 45.5 Å². The fourth-order valence-electron chi connectivity index (χ4n) is 2.99. The maximum Gasteiger partial charge on any atom is 0.394 e. The molecule has 0 spiro atoms. The Bertz CT molecular complexity index is 1200. The Morgan fingerprint density at radius 1 is 1.14 bits per heavy atom. The average Bonchev–Trinajstić information content (AvgIpc) is 3.28. The molecule has 1 fully saturated rings. The largest absolute Gasteiger partial charge is 0.480 e. The number of nitrogen functional groups attached to an aromatic ring is 1. The maximum absolute atomic E-state index is 11.3. The molecule has 22 heteroatoms. The summed E-state index contributed by atoms with van der Waals surface area (Å²) in [7, 11) is -9.33. The van der Waals surface area contributed by atoms with Crippen LogP contribution in [0, 0.1) is 0 Å². The first-order chi connectivity index (χ1) is 16.9. The zero-order chi connectivity index (χ0) is 28.6. The van der Waals surface area contributed by atoms with E-state index in [1.807, 2.05) is 6.26 Å². The smallest absolute Gasteiger partial charge is 0.394 e. The molecule has 10 N–H and O–H groups in total. The number of aliphatic hydroxyl groups is 2. The Balaban J connectivity index is 0.000000583. The number of aromatic nitrogens is 4. The normalized spacial score (nSPS) is 22.5. The standard InChI is InChI=1S/C15H22N6O5S.2H2O4S/c1-27-3-2-7(15(24)25)17-4-8-10(22)11(23)14(26-8)21-6-20-9-12(16)18-5-19-13(9)21;2*1-5(2,3)4/h5-8,10-11,14,17,22-23H,2-4H2,1H3,(H,24,25)(H2,16,18,19);2*(H2,1,2,3,4)/t7-,8+,10+,11+,14+;;/m0../s1. The van der Waals surface area contributed by atoms with Gasteiger partial charge in [-0.2, -0.15) is 28.6 Å². The molecule has 3 rings (SSSR count). The molecular weight excluding hydrogens is 568 g/mol. The Morgan fingerprint density at radius 2 is 1.70 bits per heavy atom. The van der Waals surface area contributed by atoms with E-state index in [1.54, 1.807) is 11.8 Å². The molecule has 2 aromatic heterocycles. The topological polar surface area (TPSA) is 318 Å². The van der Waals surface area contributed by atoms with E-state index in [2.05, 4.69) is 20.3 Å². The number of carboxylic acids is 1. The molecule has 0 radical (unpaired) electrons. The zero-order valence-corrected chi connectivity index (χ0v) is 21.3. The number of aliphatic carboxylic acids is 1. The van der Waals surface area contributed by atoms with Crippen molar-refractivity contribution >= 4 is 55.5 Å². The molecule has 1 aliphatic heterocycles. The summed E-state index contributed by atoms with van der Waals surface area (Å²) < 4.78 is 70.4. The number of nitrogens with one attached hydrogen (secondary N) is 1. The summed E-state index contributed by atoms with van der Waals surface area (Å²) in [6.07, 6.45) is 0.858. The van der Waals surface area contributed by atoms with Gasteiger partial charge in [0.05, 0.1) is 6.33 Å². The van der Waals surface area contributed by atoms with Crippen molar-refractivity contribution in [1.29, 1.82) is 0 Å². The highest BCUT2D eigenvalue weighted by atomic mass is 32.3. The predicted octanol–water partition coefficient (Wildman–Crippen LogP) is -2.48. The predicted molar refractivity (Wildman–Crippen MR) is 126 cm³/mol. The third-order valence-corrected chi connectivity index (χ3v) is 5.12. The first kappa shape index (κ1) is 32.8. The second-order valence-corrected chi connectivity index (χ2v) is 9.88. The summed E-state index contributed by atoms with van der Waals surface area (Å²) in [5.41, 5.74) is 6.50. The Hall–Kier alpha value is -2.25. The highest BCUT2D eigenvalue weighted by Gasteiger charge is 2.44. The summed E-state index contributed by atoms with van der Waals surface area (Å²) in [5, 5.41) is 32.9. The number of fused-ring (bicyclic) bond motifs is 1. The van der Waals surface area contributed by atoms with E-state index in [0.29, 0.717) is 23.3 Å². The van der Waals surface area contributed by atoms with Crippen LogP contribution in [0.3, 0.4) is 0 Å². The third-order valence-electron chi connectivity index (χ3n) is 4.47. The first-order valence-corrected chi connectivity index (χ1v) is 13.9. The van der Waals surface area contributed by atoms with Gasteiger partial charge in [0.25, 0.3) is 0 Å². The van der Waals surface area contributed by atoms with Gasteiger partial charge in [-0.15, -0.1) is 0 Å². The van der Waals surface area contributed by atoms with Crippen molar-refractivity contribution in [1.82, 2.24) is 24.8 Å². The van der Waals surface area contributed by atoms with Crippen molar-refractivity contribution in [2.45, 2.75) is 37.0 Å². The summed E-state index contributed by atoms with van der Waals surface area (Å²) in [6, 6.07) is -0.758. The van der Waals surface area contributed by atoms with Crippen LogP contribution in [0.1, 0.15) is 12.6 Å². The Morgan fingerprint density at radius 3 is 2.22 bits per heavy atom. The second kappa shape index (κ2) is 14.1. The molecule has 0 saturated carbocycles. The molecule has 0 amide bonds. The molecule has 5 atom stereocenters. The SMILES string of the molecule is CSCC[C@H](NC[C@H]1O[C@@H](n2cnc3c(N)ncnc32)[C@H](O)[C@@H]1O)C(=O)O.O=S(=O)(O)O.O=S(=O)(O)O. The van der Waals surface area contributed by atoms with Gasteiger partial charge < -0.3 is 31.1 Å². The number of ether oxygens (including phenoxy) is 1. The maximum atomic E-state index is 11.3. The molecule has 212 valence electrons. The number of carbonyl (C=O) groups is 1. The van der Waals surface area contributed by atoms with Crippen molar-refractivity contribution in [3.63, 3.8) is 0 Å². The van der Waals surface area contributed by atoms with E-state index >= 15 is 0 Å². The highest BCUT2D eigenvalue weighted by Crippen LogP contribution is 2.31. The van der Waals surface area contributed by atoms with Crippen LogP contribution in [0.15, 0.2) is 12.7 Å². The van der Waals surface area contributed by atoms with Gasteiger partial charge in [0.1, 0.15) is 36.2 Å². The van der Waals surface area contributed by atoms with Crippen LogP contribution in [0.2, 0.25) is 0 Å². The zero-order valence-electron chi connectivity index (χ0n) is 18.8. The van der Waals surface area contributed by atoms with Crippen LogP contribution in [0.25, 0.3) is 11.2 Å². The summed E-state index contributed by atoms with van der Waals surface area (Å²) in [6.45, 7) is 0.0732. The quantitative estimate of drug-likeness (QED) is 0.143. The number of carboxylic acid groups (broad SMARTS) is 1. The molecule has 0 aromatic carbocycles. The second-order valence-electron chi connectivity index (χ2n) is 7.11. The number of nitrogens with zero attached hydrogens (tertiary/aromatic N) is 4. The van der Waals surface area contributed by atoms with Crippen LogP contribution in [0.5, 0.6) is 0 Å². The monoisotopic (exact) mass is 594 g/mol. The minimum Gasteiger partial charge on any atom is -0.480 e. The third kappa shape index (κ3) is 11.8. The lowest BCUT2D eigenvalue weighted by atomic mass is 10.1. The number of imidazole rings is 1. The van der Waals surface area contributed by atoms with E-state index in [9.17, 15) is 20.1 Å². The molecule has 2 aromatic rings. The van der Waals surface area contributed by atoms with Crippen LogP contribution in [-0.2, 0) is 30.3 Å². The fourth-order valence-corrected chi connectivity index (χ4v) is 3.46. The van der Waals surface area contributed by atoms with Gasteiger partial charge in [-0.1, -0.05) is 0 Å². The van der Waals surface area contributed by atoms with Crippen molar-refractivity contribution in [2.24, 2.45) is 0 Å². The molecule has 0 unspecified atom stereocenters. The molecule has 0 bridgehead atoms. The molecule has 1 aliphatic rings. The summed E-state index contributed by atoms with van der Waals surface area (Å²) in [5.74, 6) is -0.0876. The molecule has 1 saturated heterocycles. The van der Waals surface area contributed by atoms with Crippen molar-refractivity contribution in [2.75, 3.05) is 24.3 Å². The first-order valence-electron chi connectivity index (χ1n) is 9.73. The Kier molecular flexibility index (Phi) is 12.5. The Labute approximate surface area is 214 Å². The van der Waals surface area contributed by atoms with Gasteiger partial charge in [0.2, 0.25) is 0 Å². The van der Waals surface area contributed by atoms with Gasteiger partial charge in [0.15, 0.2) is 17.7 Å². The van der Waals surface area contributed by atoms with Crippen molar-refractivity contribution < 1.29 is 59.9 Å². The fraction of sp³-hybridized carbons (Fsp3) is 0.600. The van der Waals surface area contributed by atoms with Gasteiger partial charge in [0, 0.05) is 6.54 Å². The lowest BCUT2D eigenvalue weighted by Crippen LogP contribution is -2.44. The number of hydrogen-bond donors (Lipinski definition) is 9. The number of nitrogens with two attached hydrogens (primary N) is 1. The lowest BCUT2D eigenvalue weighted by molar-refractivity contribution is -0.139. The van der Waals surface area contributed by atoms with Gasteiger partial charge in [-0.25, -0.2) is 15.0 Å². The van der Waals surface area contributed by atoms with Gasteiger partial charge in [-0.3, -0.25) is 27.6 Å². The number of rotatable bonds is 8. The minimum atomic E-state index is -4.67. The van der Waals surface area contributed by atoms with Gasteiger partial charge >= 0.3 is 26.8 Å². The van der Waals surface area contributed by atoms with Crippen molar-refractivity contribution in [3.05, 3.63) is 12.7 Å². The van der Waals surface area contributed by atoms with E-state index in [0.717, 1.165) is 0 Å². The van der Waals surface area contributed by atoms with Gasteiger partial charge in [-0.05, 0) is 18.4 Å². The van der Waals surface area contributed by atoms with Crippen LogP contribution in [0.4, 0.5) is 5.82 Å². The molecule has 3 heterocycles. The minimum absolute atomic E-state index is 0.0732. The number of hydrogen-bond acceptors (Lipinski definition) is 14. The van der Waals surface area contributed by atoms with Crippen LogP contribution < -0.4 is 11.1 Å². The van der Waals surface area contributed by atoms with E-state index < -0.39 is 57.3 Å². The average molecular weight is 595 g/mol. The summed E-state index contributed by atoms with van der Waals surface area (Å²) in [4.78, 5) is 23.4. The van der Waals surface area contributed by atoms with Crippen LogP contribution >= 0.6 is 11.8 Å². The lowest BCUT2D eigenvalue weighted by Gasteiger charge is -2.19.